The van der Waals surface area contributed by atoms with Crippen molar-refractivity contribution < 1.29 is 9.53 Å². The molecule has 2 aromatic heterocycles. The lowest BCUT2D eigenvalue weighted by Gasteiger charge is -2.09. The molecule has 100 valence electrons. The monoisotopic (exact) mass is 269 g/mol. The van der Waals surface area contributed by atoms with Crippen molar-refractivity contribution in [3.8, 4) is 6.07 Å². The van der Waals surface area contributed by atoms with Crippen molar-refractivity contribution >= 4 is 23.2 Å². The van der Waals surface area contributed by atoms with E-state index in [4.69, 9.17) is 11.0 Å². The van der Waals surface area contributed by atoms with Crippen molar-refractivity contribution in [2.24, 2.45) is 0 Å². The fourth-order valence-electron chi connectivity index (χ4n) is 1.49. The normalized spacial score (nSPS) is 9.60. The number of carbonyl (C=O) groups excluding carboxylic acids is 1. The third-order valence-corrected chi connectivity index (χ3v) is 2.48. The fraction of sp³-hybridized carbons (Fsp3) is 0.0769. The van der Waals surface area contributed by atoms with Crippen molar-refractivity contribution in [2.75, 3.05) is 18.2 Å². The lowest BCUT2D eigenvalue weighted by atomic mass is 10.2. The van der Waals surface area contributed by atoms with Gasteiger partial charge in [-0.2, -0.15) is 5.26 Å². The molecule has 3 N–H and O–H groups in total. The van der Waals surface area contributed by atoms with Crippen LogP contribution in [0.4, 0.5) is 17.2 Å². The number of methoxy groups -OCH3 is 1. The number of nitrogens with one attached hydrogen (secondary N) is 1. The Labute approximate surface area is 115 Å². The Morgan fingerprint density at radius 2 is 2.20 bits per heavy atom. The second-order valence-corrected chi connectivity index (χ2v) is 3.82. The predicted octanol–water partition coefficient (Wildman–Crippen LogP) is 1.46. The molecule has 2 rings (SSSR count). The van der Waals surface area contributed by atoms with Crippen LogP contribution in [-0.2, 0) is 4.74 Å². The zero-order chi connectivity index (χ0) is 14.5. The smallest absolute Gasteiger partial charge is 0.339 e. The average molecular weight is 269 g/mol. The number of anilines is 3. The minimum atomic E-state index is -0.504. The van der Waals surface area contributed by atoms with Crippen LogP contribution in [0.3, 0.4) is 0 Å². The van der Waals surface area contributed by atoms with Crippen LogP contribution in [0.2, 0.25) is 0 Å². The van der Waals surface area contributed by atoms with Gasteiger partial charge in [0, 0.05) is 6.20 Å². The number of nitrogen functional groups attached to an aromatic ring is 1. The molecule has 0 bridgehead atoms. The van der Waals surface area contributed by atoms with Crippen LogP contribution in [0, 0.1) is 11.3 Å². The fourth-order valence-corrected chi connectivity index (χ4v) is 1.49. The molecule has 20 heavy (non-hydrogen) atoms. The third-order valence-electron chi connectivity index (χ3n) is 2.48. The van der Waals surface area contributed by atoms with Crippen LogP contribution in [0.5, 0.6) is 0 Å². The standard InChI is InChI=1S/C13H11N5O2/c1-20-13(19)8-4-11(15)12(17-6-8)18-10-3-2-9(5-14)16-7-10/h2-4,6-7H,15H2,1H3,(H,17,18). The van der Waals surface area contributed by atoms with Gasteiger partial charge in [0.15, 0.2) is 5.82 Å². The first kappa shape index (κ1) is 13.3. The van der Waals surface area contributed by atoms with Crippen molar-refractivity contribution in [2.45, 2.75) is 0 Å². The second kappa shape index (κ2) is 5.67. The van der Waals surface area contributed by atoms with Crippen molar-refractivity contribution in [1.82, 2.24) is 9.97 Å². The number of pyridine rings is 2. The van der Waals surface area contributed by atoms with E-state index in [2.05, 4.69) is 20.0 Å². The van der Waals surface area contributed by atoms with Gasteiger partial charge in [0.2, 0.25) is 0 Å². The SMILES string of the molecule is COC(=O)c1cnc(Nc2ccc(C#N)nc2)c(N)c1. The first-order valence-electron chi connectivity index (χ1n) is 5.61. The summed E-state index contributed by atoms with van der Waals surface area (Å²) < 4.78 is 4.58. The van der Waals surface area contributed by atoms with Gasteiger partial charge in [-0.15, -0.1) is 0 Å². The van der Waals surface area contributed by atoms with E-state index in [1.54, 1.807) is 12.1 Å². The van der Waals surface area contributed by atoms with Crippen LogP contribution in [0.1, 0.15) is 16.1 Å². The van der Waals surface area contributed by atoms with Crippen molar-refractivity contribution in [3.63, 3.8) is 0 Å². The third kappa shape index (κ3) is 2.81. The van der Waals surface area contributed by atoms with Gasteiger partial charge in [-0.1, -0.05) is 0 Å². The Morgan fingerprint density at radius 3 is 2.75 bits per heavy atom. The topological polar surface area (TPSA) is 114 Å². The van der Waals surface area contributed by atoms with Crippen molar-refractivity contribution in [3.05, 3.63) is 41.9 Å². The zero-order valence-electron chi connectivity index (χ0n) is 10.6. The molecular formula is C13H11N5O2. The van der Waals surface area contributed by atoms with Crippen LogP contribution < -0.4 is 11.1 Å². The molecule has 2 aromatic rings. The first-order valence-corrected chi connectivity index (χ1v) is 5.61. The van der Waals surface area contributed by atoms with Gasteiger partial charge in [-0.05, 0) is 18.2 Å². The van der Waals surface area contributed by atoms with Gasteiger partial charge in [-0.3, -0.25) is 0 Å². The molecule has 0 saturated heterocycles. The largest absolute Gasteiger partial charge is 0.465 e. The molecule has 0 atom stereocenters. The summed E-state index contributed by atoms with van der Waals surface area (Å²) in [6, 6.07) is 6.65. The van der Waals surface area contributed by atoms with Crippen LogP contribution in [0.15, 0.2) is 30.6 Å². The van der Waals surface area contributed by atoms with Crippen LogP contribution >= 0.6 is 0 Å². The minimum absolute atomic E-state index is 0.272. The molecular weight excluding hydrogens is 258 g/mol. The molecule has 0 radical (unpaired) electrons. The van der Waals surface area contributed by atoms with Crippen molar-refractivity contribution in [1.29, 1.82) is 5.26 Å². The molecule has 7 nitrogen and oxygen atoms in total. The Kier molecular flexibility index (Phi) is 3.77. The number of ether oxygens (including phenoxy) is 1. The molecule has 0 spiro atoms. The van der Waals surface area contributed by atoms with E-state index in [0.717, 1.165) is 0 Å². The summed E-state index contributed by atoms with van der Waals surface area (Å²) in [5, 5.41) is 11.6. The van der Waals surface area contributed by atoms with Gasteiger partial charge >= 0.3 is 5.97 Å². The highest BCUT2D eigenvalue weighted by atomic mass is 16.5. The lowest BCUT2D eigenvalue weighted by molar-refractivity contribution is 0.0600. The van der Waals surface area contributed by atoms with Gasteiger partial charge in [0.1, 0.15) is 11.8 Å². The number of nitrogens with zero attached hydrogens (tertiary/aromatic N) is 3. The summed E-state index contributed by atoms with van der Waals surface area (Å²) in [7, 11) is 1.28. The molecule has 2 heterocycles. The molecule has 0 fully saturated rings. The predicted molar refractivity (Wildman–Crippen MR) is 72.2 cm³/mol. The second-order valence-electron chi connectivity index (χ2n) is 3.82. The highest BCUT2D eigenvalue weighted by Gasteiger charge is 2.09. The summed E-state index contributed by atoms with van der Waals surface area (Å²) >= 11 is 0. The molecule has 0 aliphatic heterocycles. The van der Waals surface area contributed by atoms with E-state index >= 15 is 0 Å². The lowest BCUT2D eigenvalue weighted by Crippen LogP contribution is -2.06. The number of hydrogen-bond donors (Lipinski definition) is 2. The number of carbonyl (C=O) groups is 1. The first-order chi connectivity index (χ1) is 9.63. The zero-order valence-corrected chi connectivity index (χ0v) is 10.6. The average Bonchev–Trinajstić information content (AvgIpc) is 2.49. The summed E-state index contributed by atoms with van der Waals surface area (Å²) in [5.41, 5.74) is 7.34. The quantitative estimate of drug-likeness (QED) is 0.810. The molecule has 0 amide bonds. The minimum Gasteiger partial charge on any atom is -0.465 e. The number of nitriles is 1. The highest BCUT2D eigenvalue weighted by molar-refractivity contribution is 5.91. The maximum Gasteiger partial charge on any atom is 0.339 e. The number of nitrogens with two attached hydrogens (primary N) is 1. The van der Waals surface area contributed by atoms with E-state index in [-0.39, 0.29) is 5.56 Å². The summed E-state index contributed by atoms with van der Waals surface area (Å²) in [5.74, 6) is -0.111. The van der Waals surface area contributed by atoms with E-state index in [0.29, 0.717) is 22.9 Å². The number of hydrogen-bond acceptors (Lipinski definition) is 7. The van der Waals surface area contributed by atoms with E-state index in [1.165, 1.54) is 25.6 Å². The Bertz CT molecular complexity index is 676. The number of rotatable bonds is 3. The molecule has 0 saturated carbocycles. The highest BCUT2D eigenvalue weighted by Crippen LogP contribution is 2.21. The number of esters is 1. The molecule has 0 unspecified atom stereocenters. The van der Waals surface area contributed by atoms with Gasteiger partial charge in [-0.25, -0.2) is 14.8 Å². The molecule has 0 aromatic carbocycles. The van der Waals surface area contributed by atoms with E-state index in [9.17, 15) is 4.79 Å². The van der Waals surface area contributed by atoms with Gasteiger partial charge in [0.25, 0.3) is 0 Å². The Morgan fingerprint density at radius 1 is 1.40 bits per heavy atom. The Hall–Kier alpha value is -3.14. The van der Waals surface area contributed by atoms with E-state index < -0.39 is 5.97 Å². The molecule has 7 heteroatoms. The maximum atomic E-state index is 11.3. The molecule has 0 aliphatic carbocycles. The molecule has 0 aliphatic rings. The maximum absolute atomic E-state index is 11.3. The van der Waals surface area contributed by atoms with E-state index in [1.807, 2.05) is 6.07 Å². The summed E-state index contributed by atoms with van der Waals surface area (Å²) in [6.45, 7) is 0. The van der Waals surface area contributed by atoms with Gasteiger partial charge in [0.05, 0.1) is 30.2 Å². The summed E-state index contributed by atoms with van der Waals surface area (Å²) in [6.07, 6.45) is 2.86. The van der Waals surface area contributed by atoms with Gasteiger partial charge < -0.3 is 15.8 Å². The summed E-state index contributed by atoms with van der Waals surface area (Å²) in [4.78, 5) is 19.3. The Balaban J connectivity index is 2.21. The number of aromatic nitrogens is 2. The van der Waals surface area contributed by atoms with Crippen LogP contribution in [-0.4, -0.2) is 23.0 Å². The van der Waals surface area contributed by atoms with Crippen LogP contribution in [0.25, 0.3) is 0 Å².